The Morgan fingerprint density at radius 1 is 0.625 bits per heavy atom. The summed E-state index contributed by atoms with van der Waals surface area (Å²) in [5.74, 6) is 0. The molecule has 2 aromatic carbocycles. The minimum Gasteiger partial charge on any atom is -0.399 e. The third-order valence-electron chi connectivity index (χ3n) is 2.36. The first kappa shape index (κ1) is 12.1. The zero-order valence-corrected chi connectivity index (χ0v) is 9.77. The van der Waals surface area contributed by atoms with E-state index in [-0.39, 0.29) is 0 Å². The first-order valence-electron chi connectivity index (χ1n) is 5.23. The van der Waals surface area contributed by atoms with Crippen molar-refractivity contribution in [3.05, 3.63) is 59.7 Å². The van der Waals surface area contributed by atoms with Crippen LogP contribution in [0.15, 0.2) is 48.5 Å². The van der Waals surface area contributed by atoms with Crippen molar-refractivity contribution >= 4 is 11.4 Å². The molecule has 0 unspecified atom stereocenters. The van der Waals surface area contributed by atoms with Crippen LogP contribution in [0.25, 0.3) is 0 Å². The molecule has 2 rings (SSSR count). The number of hydrogen-bond donors (Lipinski definition) is 2. The molecule has 0 fully saturated rings. The highest BCUT2D eigenvalue weighted by molar-refractivity contribution is 5.47. The number of benzene rings is 2. The normalized spacial score (nSPS) is 9.12. The number of rotatable bonds is 0. The molecular formula is C14H18N2. The molecule has 16 heavy (non-hydrogen) atoms. The standard InChI is InChI=1S/C8H10.C6H8N2/c1-7-5-3-4-6-8(7)2;7-5-1-2-6(8)4-3-5/h3-6H,1-2H3;1-4H,7-8H2. The van der Waals surface area contributed by atoms with E-state index in [1.165, 1.54) is 11.1 Å². The monoisotopic (exact) mass is 214 g/mol. The van der Waals surface area contributed by atoms with Gasteiger partial charge in [-0.2, -0.15) is 0 Å². The van der Waals surface area contributed by atoms with E-state index in [9.17, 15) is 0 Å². The van der Waals surface area contributed by atoms with Gasteiger partial charge >= 0.3 is 0 Å². The highest BCUT2D eigenvalue weighted by Crippen LogP contribution is 2.05. The smallest absolute Gasteiger partial charge is 0.0315 e. The first-order valence-corrected chi connectivity index (χ1v) is 5.23. The van der Waals surface area contributed by atoms with Crippen LogP contribution in [0.5, 0.6) is 0 Å². The molecule has 0 atom stereocenters. The Balaban J connectivity index is 0.000000160. The van der Waals surface area contributed by atoms with Crippen LogP contribution in [-0.2, 0) is 0 Å². The third-order valence-corrected chi connectivity index (χ3v) is 2.36. The Bertz CT molecular complexity index is 391. The van der Waals surface area contributed by atoms with Gasteiger partial charge in [0.2, 0.25) is 0 Å². The number of nitrogens with two attached hydrogens (primary N) is 2. The van der Waals surface area contributed by atoms with Crippen LogP contribution in [0.3, 0.4) is 0 Å². The van der Waals surface area contributed by atoms with Crippen molar-refractivity contribution in [2.45, 2.75) is 13.8 Å². The van der Waals surface area contributed by atoms with Crippen molar-refractivity contribution in [2.24, 2.45) is 0 Å². The second-order valence-corrected chi connectivity index (χ2v) is 3.75. The van der Waals surface area contributed by atoms with E-state index in [0.717, 1.165) is 11.4 Å². The summed E-state index contributed by atoms with van der Waals surface area (Å²) in [6.07, 6.45) is 0. The van der Waals surface area contributed by atoms with Crippen molar-refractivity contribution in [1.82, 2.24) is 0 Å². The van der Waals surface area contributed by atoms with Crippen molar-refractivity contribution in [1.29, 1.82) is 0 Å². The van der Waals surface area contributed by atoms with Gasteiger partial charge in [0, 0.05) is 11.4 Å². The minimum atomic E-state index is 0.749. The quantitative estimate of drug-likeness (QED) is 0.662. The van der Waals surface area contributed by atoms with Crippen LogP contribution in [0.1, 0.15) is 11.1 Å². The van der Waals surface area contributed by atoms with E-state index < -0.39 is 0 Å². The molecule has 0 bridgehead atoms. The molecule has 0 saturated carbocycles. The lowest BCUT2D eigenvalue weighted by Gasteiger charge is -1.93. The molecule has 0 heterocycles. The molecule has 4 N–H and O–H groups in total. The topological polar surface area (TPSA) is 52.0 Å². The van der Waals surface area contributed by atoms with Crippen LogP contribution in [0.2, 0.25) is 0 Å². The second kappa shape index (κ2) is 5.81. The Hall–Kier alpha value is -1.96. The molecule has 2 heteroatoms. The maximum absolute atomic E-state index is 5.37. The Morgan fingerprint density at radius 3 is 1.19 bits per heavy atom. The number of hydrogen-bond acceptors (Lipinski definition) is 2. The molecule has 0 aliphatic rings. The maximum atomic E-state index is 5.37. The van der Waals surface area contributed by atoms with Gasteiger partial charge in [0.15, 0.2) is 0 Å². The minimum absolute atomic E-state index is 0.749. The highest BCUT2D eigenvalue weighted by atomic mass is 14.6. The van der Waals surface area contributed by atoms with E-state index in [2.05, 4.69) is 38.1 Å². The van der Waals surface area contributed by atoms with E-state index in [0.29, 0.717) is 0 Å². The largest absolute Gasteiger partial charge is 0.399 e. The molecule has 2 aromatic rings. The average molecular weight is 214 g/mol. The van der Waals surface area contributed by atoms with Gasteiger partial charge in [0.05, 0.1) is 0 Å². The summed E-state index contributed by atoms with van der Waals surface area (Å²) in [7, 11) is 0. The van der Waals surface area contributed by atoms with Crippen LogP contribution in [0, 0.1) is 13.8 Å². The number of anilines is 2. The van der Waals surface area contributed by atoms with Crippen molar-refractivity contribution < 1.29 is 0 Å². The van der Waals surface area contributed by atoms with Gasteiger partial charge in [-0.3, -0.25) is 0 Å². The lowest BCUT2D eigenvalue weighted by atomic mass is 10.1. The SMILES string of the molecule is Cc1ccccc1C.Nc1ccc(N)cc1. The summed E-state index contributed by atoms with van der Waals surface area (Å²) in [6, 6.07) is 15.4. The molecule has 84 valence electrons. The van der Waals surface area contributed by atoms with Crippen molar-refractivity contribution in [2.75, 3.05) is 11.5 Å². The second-order valence-electron chi connectivity index (χ2n) is 3.75. The maximum Gasteiger partial charge on any atom is 0.0315 e. The van der Waals surface area contributed by atoms with Gasteiger partial charge in [0.1, 0.15) is 0 Å². The summed E-state index contributed by atoms with van der Waals surface area (Å²) >= 11 is 0. The summed E-state index contributed by atoms with van der Waals surface area (Å²) < 4.78 is 0. The zero-order valence-electron chi connectivity index (χ0n) is 9.77. The van der Waals surface area contributed by atoms with Crippen LogP contribution in [0.4, 0.5) is 11.4 Å². The number of aryl methyl sites for hydroxylation is 2. The van der Waals surface area contributed by atoms with Gasteiger partial charge in [-0.25, -0.2) is 0 Å². The summed E-state index contributed by atoms with van der Waals surface area (Å²) in [4.78, 5) is 0. The van der Waals surface area contributed by atoms with Crippen LogP contribution in [-0.4, -0.2) is 0 Å². The fourth-order valence-corrected chi connectivity index (χ4v) is 1.16. The van der Waals surface area contributed by atoms with E-state index in [1.54, 1.807) is 24.3 Å². The molecule has 0 spiro atoms. The molecule has 0 aliphatic heterocycles. The molecule has 0 aliphatic carbocycles. The first-order chi connectivity index (χ1) is 7.59. The average Bonchev–Trinajstić information content (AvgIpc) is 2.28. The van der Waals surface area contributed by atoms with Gasteiger partial charge in [-0.05, 0) is 49.2 Å². The third kappa shape index (κ3) is 4.05. The predicted molar refractivity (Wildman–Crippen MR) is 71.2 cm³/mol. The number of nitrogen functional groups attached to an aromatic ring is 2. The van der Waals surface area contributed by atoms with Gasteiger partial charge in [0.25, 0.3) is 0 Å². The molecule has 2 nitrogen and oxygen atoms in total. The van der Waals surface area contributed by atoms with E-state index in [4.69, 9.17) is 11.5 Å². The summed E-state index contributed by atoms with van der Waals surface area (Å²) in [5, 5.41) is 0. The summed E-state index contributed by atoms with van der Waals surface area (Å²) in [6.45, 7) is 4.24. The zero-order chi connectivity index (χ0) is 12.0. The van der Waals surface area contributed by atoms with Crippen LogP contribution < -0.4 is 11.5 Å². The van der Waals surface area contributed by atoms with Gasteiger partial charge < -0.3 is 11.5 Å². The fourth-order valence-electron chi connectivity index (χ4n) is 1.16. The molecule has 0 radical (unpaired) electrons. The van der Waals surface area contributed by atoms with Gasteiger partial charge in [-0.1, -0.05) is 24.3 Å². The predicted octanol–water partition coefficient (Wildman–Crippen LogP) is 3.15. The van der Waals surface area contributed by atoms with Gasteiger partial charge in [-0.15, -0.1) is 0 Å². The lowest BCUT2D eigenvalue weighted by molar-refractivity contribution is 1.34. The van der Waals surface area contributed by atoms with Crippen LogP contribution >= 0.6 is 0 Å². The molecular weight excluding hydrogens is 196 g/mol. The Morgan fingerprint density at radius 2 is 0.938 bits per heavy atom. The molecule has 0 aromatic heterocycles. The molecule has 0 amide bonds. The summed E-state index contributed by atoms with van der Waals surface area (Å²) in [5.41, 5.74) is 15.0. The lowest BCUT2D eigenvalue weighted by Crippen LogP contribution is -1.86. The van der Waals surface area contributed by atoms with Crippen molar-refractivity contribution in [3.8, 4) is 0 Å². The van der Waals surface area contributed by atoms with E-state index in [1.807, 2.05) is 0 Å². The Kier molecular flexibility index (Phi) is 4.40. The Labute approximate surface area is 96.9 Å². The van der Waals surface area contributed by atoms with Crippen molar-refractivity contribution in [3.63, 3.8) is 0 Å². The highest BCUT2D eigenvalue weighted by Gasteiger charge is 1.84. The van der Waals surface area contributed by atoms with E-state index >= 15 is 0 Å². The molecule has 0 saturated heterocycles. The fraction of sp³-hybridized carbons (Fsp3) is 0.143.